The normalized spacial score (nSPS) is 12.6. The van der Waals surface area contributed by atoms with Gasteiger partial charge in [0, 0.05) is 37.1 Å². The second-order valence-corrected chi connectivity index (χ2v) is 16.6. The van der Waals surface area contributed by atoms with Gasteiger partial charge in [0.2, 0.25) is 11.8 Å². The Balaban J connectivity index is -0.000000921. The van der Waals surface area contributed by atoms with Gasteiger partial charge >= 0.3 is 30.0 Å². The molecule has 0 saturated carbocycles. The Morgan fingerprint density at radius 1 is 0.564 bits per heavy atom. The number of amides is 3. The van der Waals surface area contributed by atoms with E-state index < -0.39 is 53.7 Å². The number of carbonyl (C=O) groups excluding carboxylic acids is 8. The number of hydrogen-bond donors (Lipinski definition) is 4. The number of ether oxygens (including phenoxy) is 5. The predicted octanol–water partition coefficient (Wildman–Crippen LogP) is -0.353. The molecule has 0 aromatic rings. The van der Waals surface area contributed by atoms with Crippen LogP contribution in [0.25, 0.3) is 0 Å². The molecule has 0 radical (unpaired) electrons. The Bertz CT molecular complexity index is 1170. The number of esters is 4. The number of thioether (sulfide) groups is 4. The van der Waals surface area contributed by atoms with Crippen molar-refractivity contribution >= 4 is 94.8 Å². The minimum atomic E-state index is -1.08. The van der Waals surface area contributed by atoms with Gasteiger partial charge in [0.15, 0.2) is 6.04 Å². The Labute approximate surface area is 341 Å². The Morgan fingerprint density at radius 3 is 1.13 bits per heavy atom. The van der Waals surface area contributed by atoms with Gasteiger partial charge < -0.3 is 55.3 Å². The molecule has 0 aromatic carbocycles. The summed E-state index contributed by atoms with van der Waals surface area (Å²) in [5, 5.41) is 16.5. The molecule has 4 atom stereocenters. The van der Waals surface area contributed by atoms with E-state index in [9.17, 15) is 33.6 Å². The van der Waals surface area contributed by atoms with E-state index in [1.54, 1.807) is 44.3 Å². The third kappa shape index (κ3) is 36.3. The molecule has 0 heterocycles. The summed E-state index contributed by atoms with van der Waals surface area (Å²) in [6.45, 7) is 8.91. The monoisotopic (exact) mass is 864 g/mol. The highest BCUT2D eigenvalue weighted by Gasteiger charge is 2.25. The van der Waals surface area contributed by atoms with Crippen LogP contribution < -0.4 is 26.8 Å². The van der Waals surface area contributed by atoms with Crippen molar-refractivity contribution in [1.29, 1.82) is 0 Å². The first kappa shape index (κ1) is 56.3. The number of rotatable bonds is 23. The summed E-state index contributed by atoms with van der Waals surface area (Å²) in [5.74, 6) is 1.80. The molecule has 6 N–H and O–H groups in total. The van der Waals surface area contributed by atoms with E-state index in [2.05, 4.69) is 35.9 Å². The van der Waals surface area contributed by atoms with Crippen LogP contribution in [-0.4, -0.2) is 152 Å². The fourth-order valence-electron chi connectivity index (χ4n) is 3.46. The van der Waals surface area contributed by atoms with Gasteiger partial charge in [0.25, 0.3) is 0 Å². The van der Waals surface area contributed by atoms with Crippen molar-refractivity contribution in [2.24, 2.45) is 0 Å². The first-order valence-corrected chi connectivity index (χ1v) is 21.4. The molecule has 0 saturated heterocycles. The van der Waals surface area contributed by atoms with E-state index in [0.29, 0.717) is 23.0 Å². The Kier molecular flexibility index (Phi) is 35.0. The van der Waals surface area contributed by atoms with Crippen molar-refractivity contribution < 1.29 is 72.9 Å². The summed E-state index contributed by atoms with van der Waals surface area (Å²) < 4.78 is 23.8. The molecule has 0 unspecified atom stereocenters. The van der Waals surface area contributed by atoms with Crippen LogP contribution in [0.3, 0.4) is 0 Å². The summed E-state index contributed by atoms with van der Waals surface area (Å²) in [6, 6.07) is -2.41. The van der Waals surface area contributed by atoms with Crippen LogP contribution in [0.1, 0.15) is 54.4 Å². The maximum atomic E-state index is 11.9. The number of nitrogens with one attached hydrogen (secondary N) is 3. The van der Waals surface area contributed by atoms with Crippen LogP contribution in [0.2, 0.25) is 0 Å². The number of aliphatic carboxylic acids is 1. The lowest BCUT2D eigenvalue weighted by Gasteiger charge is -2.22. The molecule has 0 aromatic heterocycles. The van der Waals surface area contributed by atoms with E-state index in [1.165, 1.54) is 65.8 Å². The van der Waals surface area contributed by atoms with Crippen LogP contribution in [0.4, 0.5) is 4.79 Å². The van der Waals surface area contributed by atoms with Gasteiger partial charge in [-0.15, -0.1) is 0 Å². The van der Waals surface area contributed by atoms with Crippen LogP contribution in [0.15, 0.2) is 0 Å². The number of carbonyl (C=O) groups is 8. The zero-order valence-electron chi connectivity index (χ0n) is 33.4. The lowest BCUT2D eigenvalue weighted by atomic mass is 10.2. The average molecular weight is 865 g/mol. The lowest BCUT2D eigenvalue weighted by molar-refractivity contribution is -0.400. The minimum Gasteiger partial charge on any atom is -0.550 e. The molecule has 0 aliphatic carbocycles. The van der Waals surface area contributed by atoms with Gasteiger partial charge in [-0.1, -0.05) is 0 Å². The van der Waals surface area contributed by atoms with Crippen molar-refractivity contribution in [2.75, 3.05) is 74.5 Å². The van der Waals surface area contributed by atoms with Crippen LogP contribution in [0.5, 0.6) is 0 Å². The predicted molar refractivity (Wildman–Crippen MR) is 212 cm³/mol. The zero-order chi connectivity index (χ0) is 43.0. The van der Waals surface area contributed by atoms with Crippen LogP contribution in [-0.2, 0) is 57.2 Å². The molecule has 3 amide bonds. The fourth-order valence-corrected chi connectivity index (χ4v) is 7.68. The van der Waals surface area contributed by atoms with Gasteiger partial charge in [0.05, 0.1) is 34.2 Å². The van der Waals surface area contributed by atoms with Gasteiger partial charge in [-0.05, 0) is 63.5 Å². The SMILES string of the molecule is CC(=O)[O-].COC(=O)[C@H](CSCCCSC[C@H](NC(=O)OC(C)(C)C)C(=O)OC)NC(C)=O.COC(=O)[C@H](CSCCCSC[C@H]([NH3+])C(=O)OC)NC(C)=O. The van der Waals surface area contributed by atoms with Crippen molar-refractivity contribution in [3.63, 3.8) is 0 Å². The van der Waals surface area contributed by atoms with Crippen LogP contribution >= 0.6 is 47.0 Å². The number of alkyl carbamates (subject to hydrolysis) is 1. The first-order valence-electron chi connectivity index (χ1n) is 16.8. The highest BCUT2D eigenvalue weighted by atomic mass is 32.2. The standard InChI is InChI=1S/C18H32N2O7S2.C13H24N2O5S2.C2H4O2/c1-12(21)19-13(15(22)25-5)10-28-8-7-9-29-11-14(16(23)26-6)20-17(24)27-18(2,3)4;1-9(16)15-11(13(18)20-3)8-22-6-4-5-21-7-10(14)12(17)19-2;1-2(3)4/h13-14H,7-11H2,1-6H3,(H,19,21)(H,20,24);10-11H,4-8,14H2,1-3H3,(H,15,16);1H3,(H,3,4)/t13-,14-;10-,11-;/m00./s1. The van der Waals surface area contributed by atoms with Crippen molar-refractivity contribution in [3.05, 3.63) is 0 Å². The highest BCUT2D eigenvalue weighted by molar-refractivity contribution is 8.00. The number of hydrogen-bond acceptors (Lipinski definition) is 18. The number of quaternary nitrogens is 1. The lowest BCUT2D eigenvalue weighted by Crippen LogP contribution is -2.66. The molecule has 320 valence electrons. The van der Waals surface area contributed by atoms with Gasteiger partial charge in [-0.25, -0.2) is 24.0 Å². The van der Waals surface area contributed by atoms with E-state index >= 15 is 0 Å². The number of carboxylic acids is 1. The number of carboxylic acid groups (broad SMARTS) is 1. The third-order valence-corrected chi connectivity index (χ3v) is 10.4. The summed E-state index contributed by atoms with van der Waals surface area (Å²) in [6.07, 6.45) is 1.09. The zero-order valence-corrected chi connectivity index (χ0v) is 36.7. The topological polar surface area (TPSA) is 269 Å². The van der Waals surface area contributed by atoms with Gasteiger partial charge in [-0.2, -0.15) is 47.0 Å². The Morgan fingerprint density at radius 2 is 0.855 bits per heavy atom. The summed E-state index contributed by atoms with van der Waals surface area (Å²) in [4.78, 5) is 89.0. The molecule has 18 nitrogen and oxygen atoms in total. The van der Waals surface area contributed by atoms with Crippen molar-refractivity contribution in [2.45, 2.75) is 84.2 Å². The summed E-state index contributed by atoms with van der Waals surface area (Å²) in [7, 11) is 5.20. The van der Waals surface area contributed by atoms with E-state index in [-0.39, 0.29) is 23.8 Å². The second-order valence-electron chi connectivity index (χ2n) is 12.0. The van der Waals surface area contributed by atoms with E-state index in [1.807, 2.05) is 0 Å². The first-order chi connectivity index (χ1) is 25.6. The Hall–Kier alpha value is -3.08. The molecular weight excluding hydrogens is 805 g/mol. The number of methoxy groups -OCH3 is 4. The molecule has 0 spiro atoms. The second kappa shape index (κ2) is 34.2. The maximum absolute atomic E-state index is 11.9. The molecule has 55 heavy (non-hydrogen) atoms. The summed E-state index contributed by atoms with van der Waals surface area (Å²) in [5.41, 5.74) is 3.07. The molecule has 0 rings (SSSR count). The van der Waals surface area contributed by atoms with Crippen molar-refractivity contribution in [1.82, 2.24) is 16.0 Å². The highest BCUT2D eigenvalue weighted by Crippen LogP contribution is 2.13. The molecule has 0 aliphatic rings. The van der Waals surface area contributed by atoms with Crippen LogP contribution in [0, 0.1) is 0 Å². The van der Waals surface area contributed by atoms with Crippen molar-refractivity contribution in [3.8, 4) is 0 Å². The summed E-state index contributed by atoms with van der Waals surface area (Å²) >= 11 is 6.25. The van der Waals surface area contributed by atoms with E-state index in [0.717, 1.165) is 42.8 Å². The average Bonchev–Trinajstić information content (AvgIpc) is 3.09. The maximum Gasteiger partial charge on any atom is 0.408 e. The molecule has 0 bridgehead atoms. The third-order valence-electron chi connectivity index (χ3n) is 5.76. The smallest absolute Gasteiger partial charge is 0.408 e. The van der Waals surface area contributed by atoms with Gasteiger partial charge in [-0.3, -0.25) is 9.59 Å². The molecule has 0 aliphatic heterocycles. The van der Waals surface area contributed by atoms with Gasteiger partial charge in [0.1, 0.15) is 23.7 Å². The fraction of sp³-hybridized carbons (Fsp3) is 0.758. The molecule has 0 fully saturated rings. The quantitative estimate of drug-likeness (QED) is 0.0581. The minimum absolute atomic E-state index is 0.254. The van der Waals surface area contributed by atoms with E-state index in [4.69, 9.17) is 19.4 Å². The molecular formula is C33H60N4O14S4. The largest absolute Gasteiger partial charge is 0.550 e. The molecule has 22 heteroatoms.